The van der Waals surface area contributed by atoms with Gasteiger partial charge in [0.05, 0.1) is 0 Å². The SMILES string of the molecule is O=C1CCC(CCNCc2cccnc2)N1Cc1ccccc1F. The highest BCUT2D eigenvalue weighted by Crippen LogP contribution is 2.24. The van der Waals surface area contributed by atoms with Crippen LogP contribution >= 0.6 is 0 Å². The molecule has 3 rings (SSSR count). The van der Waals surface area contributed by atoms with Gasteiger partial charge in [-0.1, -0.05) is 24.3 Å². The van der Waals surface area contributed by atoms with E-state index in [9.17, 15) is 9.18 Å². The van der Waals surface area contributed by atoms with Gasteiger partial charge in [0.2, 0.25) is 5.91 Å². The molecule has 1 aromatic heterocycles. The molecule has 2 aromatic rings. The molecule has 0 saturated carbocycles. The Kier molecular flexibility index (Phi) is 5.54. The first-order chi connectivity index (χ1) is 11.7. The molecule has 2 heterocycles. The van der Waals surface area contributed by atoms with Crippen LogP contribution in [-0.4, -0.2) is 28.4 Å². The van der Waals surface area contributed by atoms with E-state index in [1.165, 1.54) is 6.07 Å². The van der Waals surface area contributed by atoms with Crippen LogP contribution in [0.3, 0.4) is 0 Å². The van der Waals surface area contributed by atoms with E-state index < -0.39 is 0 Å². The Morgan fingerprint density at radius 3 is 2.92 bits per heavy atom. The van der Waals surface area contributed by atoms with Gasteiger partial charge in [-0.2, -0.15) is 0 Å². The van der Waals surface area contributed by atoms with Crippen molar-refractivity contribution in [3.63, 3.8) is 0 Å². The fourth-order valence-electron chi connectivity index (χ4n) is 3.12. The number of likely N-dealkylation sites (tertiary alicyclic amines) is 1. The normalized spacial score (nSPS) is 17.5. The van der Waals surface area contributed by atoms with Crippen LogP contribution in [-0.2, 0) is 17.9 Å². The zero-order valence-corrected chi connectivity index (χ0v) is 13.6. The van der Waals surface area contributed by atoms with Gasteiger partial charge in [0.25, 0.3) is 0 Å². The summed E-state index contributed by atoms with van der Waals surface area (Å²) >= 11 is 0. The summed E-state index contributed by atoms with van der Waals surface area (Å²) in [5.41, 5.74) is 1.73. The van der Waals surface area contributed by atoms with E-state index in [0.29, 0.717) is 18.5 Å². The van der Waals surface area contributed by atoms with E-state index >= 15 is 0 Å². The number of aromatic nitrogens is 1. The van der Waals surface area contributed by atoms with E-state index in [2.05, 4.69) is 10.3 Å². The van der Waals surface area contributed by atoms with Gasteiger partial charge in [-0.3, -0.25) is 9.78 Å². The first-order valence-corrected chi connectivity index (χ1v) is 8.36. The Bertz CT molecular complexity index is 677. The number of carbonyl (C=O) groups is 1. The van der Waals surface area contributed by atoms with Gasteiger partial charge in [0.15, 0.2) is 0 Å². The molecule has 126 valence electrons. The fourth-order valence-corrected chi connectivity index (χ4v) is 3.12. The minimum Gasteiger partial charge on any atom is -0.335 e. The quantitative estimate of drug-likeness (QED) is 0.795. The van der Waals surface area contributed by atoms with Gasteiger partial charge in [-0.05, 0) is 37.1 Å². The summed E-state index contributed by atoms with van der Waals surface area (Å²) in [4.78, 5) is 18.0. The second-order valence-electron chi connectivity index (χ2n) is 6.13. The van der Waals surface area contributed by atoms with E-state index in [1.807, 2.05) is 29.3 Å². The number of nitrogens with one attached hydrogen (secondary N) is 1. The Balaban J connectivity index is 1.51. The monoisotopic (exact) mass is 327 g/mol. The van der Waals surface area contributed by atoms with Gasteiger partial charge in [-0.15, -0.1) is 0 Å². The maximum Gasteiger partial charge on any atom is 0.223 e. The molecule has 0 spiro atoms. The molecule has 0 aliphatic carbocycles. The summed E-state index contributed by atoms with van der Waals surface area (Å²) in [6.45, 7) is 1.95. The van der Waals surface area contributed by atoms with Crippen LogP contribution in [0.1, 0.15) is 30.4 Å². The van der Waals surface area contributed by atoms with Gasteiger partial charge < -0.3 is 10.2 Å². The first kappa shape index (κ1) is 16.6. The molecular formula is C19H22FN3O. The van der Waals surface area contributed by atoms with Crippen molar-refractivity contribution in [1.82, 2.24) is 15.2 Å². The lowest BCUT2D eigenvalue weighted by atomic mass is 10.1. The Hall–Kier alpha value is -2.27. The number of amides is 1. The molecule has 24 heavy (non-hydrogen) atoms. The number of rotatable bonds is 7. The van der Waals surface area contributed by atoms with Crippen LogP contribution in [0.4, 0.5) is 4.39 Å². The summed E-state index contributed by atoms with van der Waals surface area (Å²) in [6.07, 6.45) is 5.88. The van der Waals surface area contributed by atoms with Crippen LogP contribution in [0.15, 0.2) is 48.8 Å². The lowest BCUT2D eigenvalue weighted by Crippen LogP contribution is -2.34. The topological polar surface area (TPSA) is 45.2 Å². The third kappa shape index (κ3) is 4.17. The van der Waals surface area contributed by atoms with E-state index in [0.717, 1.165) is 31.5 Å². The molecule has 1 N–H and O–H groups in total. The van der Waals surface area contributed by atoms with E-state index in [1.54, 1.807) is 18.3 Å². The Labute approximate surface area is 141 Å². The summed E-state index contributed by atoms with van der Waals surface area (Å²) in [5.74, 6) is -0.124. The smallest absolute Gasteiger partial charge is 0.223 e. The van der Waals surface area contributed by atoms with Crippen LogP contribution in [0.5, 0.6) is 0 Å². The van der Waals surface area contributed by atoms with Gasteiger partial charge in [0, 0.05) is 43.5 Å². The summed E-state index contributed by atoms with van der Waals surface area (Å²) in [6, 6.07) is 10.8. The van der Waals surface area contributed by atoms with Crippen molar-refractivity contribution in [2.75, 3.05) is 6.54 Å². The van der Waals surface area contributed by atoms with Crippen molar-refractivity contribution in [3.8, 4) is 0 Å². The van der Waals surface area contributed by atoms with Crippen molar-refractivity contribution >= 4 is 5.91 Å². The molecule has 1 atom stereocenters. The summed E-state index contributed by atoms with van der Waals surface area (Å²) < 4.78 is 13.8. The van der Waals surface area contributed by atoms with E-state index in [-0.39, 0.29) is 17.8 Å². The largest absolute Gasteiger partial charge is 0.335 e. The molecule has 4 nitrogen and oxygen atoms in total. The van der Waals surface area contributed by atoms with Gasteiger partial charge >= 0.3 is 0 Å². The molecule has 1 unspecified atom stereocenters. The Morgan fingerprint density at radius 1 is 1.25 bits per heavy atom. The molecule has 1 aliphatic heterocycles. The molecular weight excluding hydrogens is 305 g/mol. The zero-order chi connectivity index (χ0) is 16.8. The predicted octanol–water partition coefficient (Wildman–Crippen LogP) is 2.89. The second-order valence-corrected chi connectivity index (χ2v) is 6.13. The lowest BCUT2D eigenvalue weighted by Gasteiger charge is -2.25. The van der Waals surface area contributed by atoms with Crippen LogP contribution in [0, 0.1) is 5.82 Å². The highest BCUT2D eigenvalue weighted by Gasteiger charge is 2.30. The molecule has 1 aromatic carbocycles. The molecule has 1 saturated heterocycles. The average molecular weight is 327 g/mol. The molecule has 0 bridgehead atoms. The van der Waals surface area contributed by atoms with Crippen molar-refractivity contribution in [2.24, 2.45) is 0 Å². The number of halogens is 1. The summed E-state index contributed by atoms with van der Waals surface area (Å²) in [5, 5.41) is 3.39. The lowest BCUT2D eigenvalue weighted by molar-refractivity contribution is -0.129. The number of benzene rings is 1. The third-order valence-electron chi connectivity index (χ3n) is 4.46. The van der Waals surface area contributed by atoms with Crippen molar-refractivity contribution in [1.29, 1.82) is 0 Å². The minimum atomic E-state index is -0.245. The van der Waals surface area contributed by atoms with Gasteiger partial charge in [-0.25, -0.2) is 4.39 Å². The van der Waals surface area contributed by atoms with Crippen LogP contribution in [0.25, 0.3) is 0 Å². The van der Waals surface area contributed by atoms with Crippen LogP contribution < -0.4 is 5.32 Å². The maximum atomic E-state index is 13.8. The van der Waals surface area contributed by atoms with E-state index in [4.69, 9.17) is 0 Å². The summed E-state index contributed by atoms with van der Waals surface area (Å²) in [7, 11) is 0. The number of carbonyl (C=O) groups excluding carboxylic acids is 1. The van der Waals surface area contributed by atoms with Crippen molar-refractivity contribution in [3.05, 3.63) is 65.7 Å². The first-order valence-electron chi connectivity index (χ1n) is 8.36. The van der Waals surface area contributed by atoms with Gasteiger partial charge in [0.1, 0.15) is 5.82 Å². The van der Waals surface area contributed by atoms with Crippen molar-refractivity contribution < 1.29 is 9.18 Å². The standard InChI is InChI=1S/C19H22FN3O/c20-18-6-2-1-5-16(18)14-23-17(7-8-19(23)24)9-11-22-13-15-4-3-10-21-12-15/h1-6,10,12,17,22H,7-9,11,13-14H2. The van der Waals surface area contributed by atoms with Crippen LogP contribution in [0.2, 0.25) is 0 Å². The van der Waals surface area contributed by atoms with Crippen molar-refractivity contribution in [2.45, 2.75) is 38.4 Å². The number of nitrogens with zero attached hydrogens (tertiary/aromatic N) is 2. The Morgan fingerprint density at radius 2 is 2.12 bits per heavy atom. The number of hydrogen-bond donors (Lipinski definition) is 1. The molecule has 5 heteroatoms. The number of pyridine rings is 1. The molecule has 0 radical (unpaired) electrons. The molecule has 1 fully saturated rings. The fraction of sp³-hybridized carbons (Fsp3) is 0.368. The number of hydrogen-bond acceptors (Lipinski definition) is 3. The average Bonchev–Trinajstić information content (AvgIpc) is 2.95. The highest BCUT2D eigenvalue weighted by atomic mass is 19.1. The maximum absolute atomic E-state index is 13.8. The highest BCUT2D eigenvalue weighted by molar-refractivity contribution is 5.78. The zero-order valence-electron chi connectivity index (χ0n) is 13.6. The molecule has 1 amide bonds. The predicted molar refractivity (Wildman–Crippen MR) is 90.5 cm³/mol. The molecule has 1 aliphatic rings. The third-order valence-corrected chi connectivity index (χ3v) is 4.46. The minimum absolute atomic E-state index is 0.121. The second kappa shape index (κ2) is 8.02.